The van der Waals surface area contributed by atoms with Crippen molar-refractivity contribution in [3.63, 3.8) is 0 Å². The van der Waals surface area contributed by atoms with E-state index in [1.165, 1.54) is 23.3 Å². The van der Waals surface area contributed by atoms with Gasteiger partial charge in [0.25, 0.3) is 5.78 Å². The van der Waals surface area contributed by atoms with Crippen molar-refractivity contribution in [2.24, 2.45) is 0 Å². The minimum atomic E-state index is -0.957. The molecule has 2 heterocycles. The average Bonchev–Trinajstić information content (AvgIpc) is 3.45. The highest BCUT2D eigenvalue weighted by Crippen LogP contribution is 2.46. The van der Waals surface area contributed by atoms with E-state index in [-0.39, 0.29) is 11.3 Å². The number of thiazole rings is 1. The number of fused-ring (bicyclic) bond motifs is 1. The quantitative estimate of drug-likeness (QED) is 0.212. The van der Waals surface area contributed by atoms with E-state index in [4.69, 9.17) is 14.2 Å². The van der Waals surface area contributed by atoms with Crippen LogP contribution in [-0.4, -0.2) is 43.1 Å². The molecule has 0 radical (unpaired) electrons. The number of ketones is 1. The molecule has 1 N–H and O–H groups in total. The molecule has 1 atom stereocenters. The van der Waals surface area contributed by atoms with Gasteiger partial charge in [-0.3, -0.25) is 14.5 Å². The number of carbonyl (C=O) groups excluding carboxylic acids is 2. The lowest BCUT2D eigenvalue weighted by Gasteiger charge is -2.24. The predicted molar refractivity (Wildman–Crippen MR) is 142 cm³/mol. The number of hydrogen-bond acceptors (Lipinski definition) is 8. The zero-order valence-electron chi connectivity index (χ0n) is 20.6. The topological polar surface area (TPSA) is 98.2 Å². The number of Topliss-reactive ketones (excluding diaryl/α,β-unsaturated/α-hetero) is 1. The van der Waals surface area contributed by atoms with Crippen molar-refractivity contribution >= 4 is 44.1 Å². The van der Waals surface area contributed by atoms with Gasteiger partial charge in [0.15, 0.2) is 5.13 Å². The van der Waals surface area contributed by atoms with Crippen LogP contribution in [0.3, 0.4) is 0 Å². The lowest BCUT2D eigenvalue weighted by molar-refractivity contribution is -0.132. The fourth-order valence-corrected chi connectivity index (χ4v) is 5.54. The Bertz CT molecular complexity index is 1570. The molecule has 8 nitrogen and oxygen atoms in total. The van der Waals surface area contributed by atoms with Crippen molar-refractivity contribution in [1.82, 2.24) is 4.98 Å². The summed E-state index contributed by atoms with van der Waals surface area (Å²) in [6, 6.07) is 16.6. The van der Waals surface area contributed by atoms with Crippen LogP contribution in [0.25, 0.3) is 16.0 Å². The maximum absolute atomic E-state index is 13.5. The number of aliphatic hydroxyl groups excluding tert-OH is 1. The van der Waals surface area contributed by atoms with Crippen LogP contribution in [0.4, 0.5) is 5.13 Å². The van der Waals surface area contributed by atoms with Gasteiger partial charge in [0.1, 0.15) is 29.0 Å². The van der Waals surface area contributed by atoms with Gasteiger partial charge >= 0.3 is 5.91 Å². The molecule has 188 valence electrons. The molecule has 0 unspecified atom stereocenters. The molecule has 9 heteroatoms. The minimum absolute atomic E-state index is 0.0455. The first-order valence-electron chi connectivity index (χ1n) is 11.4. The standard InChI is InChI=1S/C28H24N2O6S/c1-15-13-16(9-12-20(15)35-3)25(31)23-24(18-7-5-6-8-21(18)36-4)30(27(33)26(23)32)28-29-19-11-10-17(34-2)14-22(19)37-28/h5-14,24,31H,1-4H3/b25-23+/t24-/m1/s1. The number of ether oxygens (including phenoxy) is 3. The number of amides is 1. The minimum Gasteiger partial charge on any atom is -0.507 e. The van der Waals surface area contributed by atoms with Crippen LogP contribution in [0.2, 0.25) is 0 Å². The van der Waals surface area contributed by atoms with Crippen molar-refractivity contribution in [2.45, 2.75) is 13.0 Å². The highest BCUT2D eigenvalue weighted by atomic mass is 32.1. The third kappa shape index (κ3) is 4.07. The molecule has 37 heavy (non-hydrogen) atoms. The number of nitrogens with zero attached hydrogens (tertiary/aromatic N) is 2. The van der Waals surface area contributed by atoms with Crippen LogP contribution in [0.1, 0.15) is 22.7 Å². The van der Waals surface area contributed by atoms with Gasteiger partial charge in [-0.15, -0.1) is 0 Å². The average molecular weight is 517 g/mol. The number of aryl methyl sites for hydroxylation is 1. The molecule has 1 fully saturated rings. The van der Waals surface area contributed by atoms with Gasteiger partial charge in [-0.25, -0.2) is 4.98 Å². The molecule has 1 amide bonds. The zero-order chi connectivity index (χ0) is 26.3. The largest absolute Gasteiger partial charge is 0.507 e. The fourth-order valence-electron chi connectivity index (χ4n) is 4.52. The van der Waals surface area contributed by atoms with E-state index in [2.05, 4.69) is 4.98 Å². The number of hydrogen-bond donors (Lipinski definition) is 1. The Hall–Kier alpha value is -4.37. The van der Waals surface area contributed by atoms with Crippen molar-refractivity contribution in [2.75, 3.05) is 26.2 Å². The van der Waals surface area contributed by atoms with Crippen LogP contribution in [0, 0.1) is 6.92 Å². The lowest BCUT2D eigenvalue weighted by Crippen LogP contribution is -2.29. The molecular weight excluding hydrogens is 492 g/mol. The van der Waals surface area contributed by atoms with Crippen LogP contribution in [-0.2, 0) is 9.59 Å². The lowest BCUT2D eigenvalue weighted by atomic mass is 9.94. The Kier molecular flexibility index (Phi) is 6.31. The molecule has 1 aliphatic heterocycles. The van der Waals surface area contributed by atoms with Gasteiger partial charge in [-0.05, 0) is 55.0 Å². The summed E-state index contributed by atoms with van der Waals surface area (Å²) in [6.07, 6.45) is 0. The van der Waals surface area contributed by atoms with Gasteiger partial charge in [-0.2, -0.15) is 0 Å². The SMILES string of the molecule is COc1ccc2nc(N3C(=O)C(=O)/C(=C(/O)c4ccc(OC)c(C)c4)[C@H]3c3ccccc3OC)sc2c1. The Labute approximate surface area is 217 Å². The summed E-state index contributed by atoms with van der Waals surface area (Å²) in [7, 11) is 4.65. The molecule has 0 aliphatic carbocycles. The Morgan fingerprint density at radius 3 is 2.41 bits per heavy atom. The molecule has 1 saturated heterocycles. The second-order valence-corrected chi connectivity index (χ2v) is 9.43. The van der Waals surface area contributed by atoms with Crippen LogP contribution in [0.5, 0.6) is 17.2 Å². The van der Waals surface area contributed by atoms with E-state index in [1.807, 2.05) is 13.0 Å². The number of anilines is 1. The molecule has 3 aromatic carbocycles. The molecular formula is C28H24N2O6S. The van der Waals surface area contributed by atoms with Crippen LogP contribution in [0.15, 0.2) is 66.2 Å². The van der Waals surface area contributed by atoms with Gasteiger partial charge in [0, 0.05) is 11.1 Å². The predicted octanol–water partition coefficient (Wildman–Crippen LogP) is 5.26. The second-order valence-electron chi connectivity index (χ2n) is 8.43. The molecule has 0 spiro atoms. The third-order valence-electron chi connectivity index (χ3n) is 6.34. The first-order chi connectivity index (χ1) is 17.9. The van der Waals surface area contributed by atoms with Gasteiger partial charge in [0.2, 0.25) is 0 Å². The van der Waals surface area contributed by atoms with Crippen LogP contribution < -0.4 is 19.1 Å². The summed E-state index contributed by atoms with van der Waals surface area (Å²) in [5.41, 5.74) is 2.33. The molecule has 1 aromatic heterocycles. The van der Waals surface area contributed by atoms with Crippen molar-refractivity contribution in [1.29, 1.82) is 0 Å². The van der Waals surface area contributed by atoms with Gasteiger partial charge in [-0.1, -0.05) is 29.5 Å². The second kappa shape index (κ2) is 9.59. The number of benzene rings is 3. The normalized spacial score (nSPS) is 16.9. The fraction of sp³-hybridized carbons (Fsp3) is 0.179. The number of rotatable bonds is 6. The van der Waals surface area contributed by atoms with Gasteiger partial charge in [0.05, 0.1) is 37.1 Å². The number of para-hydroxylation sites is 1. The Balaban J connectivity index is 1.74. The number of carbonyl (C=O) groups is 2. The van der Waals surface area contributed by atoms with Crippen molar-refractivity contribution < 1.29 is 28.9 Å². The Morgan fingerprint density at radius 1 is 0.946 bits per heavy atom. The van der Waals surface area contributed by atoms with Crippen LogP contribution >= 0.6 is 11.3 Å². The highest BCUT2D eigenvalue weighted by Gasteiger charge is 2.49. The summed E-state index contributed by atoms with van der Waals surface area (Å²) < 4.78 is 17.0. The summed E-state index contributed by atoms with van der Waals surface area (Å²) in [6.45, 7) is 1.83. The highest BCUT2D eigenvalue weighted by molar-refractivity contribution is 7.22. The molecule has 0 saturated carbocycles. The maximum Gasteiger partial charge on any atom is 0.301 e. The van der Waals surface area contributed by atoms with Crippen molar-refractivity contribution in [3.8, 4) is 17.2 Å². The molecule has 1 aliphatic rings. The number of aliphatic hydroxyl groups is 1. The number of aromatic nitrogens is 1. The van der Waals surface area contributed by atoms with E-state index in [0.29, 0.717) is 39.0 Å². The molecule has 4 aromatic rings. The molecule has 0 bridgehead atoms. The van der Waals surface area contributed by atoms with Gasteiger partial charge < -0.3 is 19.3 Å². The first kappa shape index (κ1) is 24.3. The van der Waals surface area contributed by atoms with E-state index in [0.717, 1.165) is 10.3 Å². The summed E-state index contributed by atoms with van der Waals surface area (Å²) in [4.78, 5) is 33.0. The van der Waals surface area contributed by atoms with E-state index in [9.17, 15) is 14.7 Å². The smallest absolute Gasteiger partial charge is 0.301 e. The number of methoxy groups -OCH3 is 3. The zero-order valence-corrected chi connectivity index (χ0v) is 21.5. The third-order valence-corrected chi connectivity index (χ3v) is 7.35. The summed E-state index contributed by atoms with van der Waals surface area (Å²) >= 11 is 1.26. The maximum atomic E-state index is 13.5. The van der Waals surface area contributed by atoms with E-state index >= 15 is 0 Å². The van der Waals surface area contributed by atoms with E-state index in [1.54, 1.807) is 68.8 Å². The monoisotopic (exact) mass is 516 g/mol. The molecule has 5 rings (SSSR count). The summed E-state index contributed by atoms with van der Waals surface area (Å²) in [5.74, 6) is -0.110. The first-order valence-corrected chi connectivity index (χ1v) is 12.2. The summed E-state index contributed by atoms with van der Waals surface area (Å²) in [5, 5.41) is 11.8. The Morgan fingerprint density at radius 2 is 1.70 bits per heavy atom. The van der Waals surface area contributed by atoms with E-state index < -0.39 is 17.7 Å². The van der Waals surface area contributed by atoms with Crippen molar-refractivity contribution in [3.05, 3.63) is 82.9 Å².